The number of allylic oxidation sites excluding steroid dienone is 2. The predicted octanol–water partition coefficient (Wildman–Crippen LogP) is 1.05. The Bertz CT molecular complexity index is 475. The van der Waals surface area contributed by atoms with Gasteiger partial charge in [-0.2, -0.15) is 0 Å². The van der Waals surface area contributed by atoms with Crippen LogP contribution in [-0.4, -0.2) is 39.0 Å². The summed E-state index contributed by atoms with van der Waals surface area (Å²) in [7, 11) is 0. The average Bonchev–Trinajstić information content (AvgIpc) is 2.58. The second-order valence-electron chi connectivity index (χ2n) is 6.88. The molecule has 2 aliphatic rings. The van der Waals surface area contributed by atoms with Crippen LogP contribution in [0.3, 0.4) is 0 Å². The molecular weight excluding hydrogens is 288 g/mol. The first-order valence-corrected chi connectivity index (χ1v) is 10.0. The molecule has 1 aliphatic heterocycles. The van der Waals surface area contributed by atoms with Crippen molar-refractivity contribution >= 4 is 11.8 Å². The maximum absolute atomic E-state index is 2.40. The van der Waals surface area contributed by atoms with Crippen molar-refractivity contribution in [3.63, 3.8) is 0 Å². The molecule has 0 radical (unpaired) electrons. The molecule has 0 aromatic heterocycles. The summed E-state index contributed by atoms with van der Waals surface area (Å²) in [5.74, 6) is 0.945. The fourth-order valence-electron chi connectivity index (χ4n) is 3.82. The average molecular weight is 319 g/mol. The first-order chi connectivity index (χ1) is 10.8. The fourth-order valence-corrected chi connectivity index (χ4v) is 4.23. The van der Waals surface area contributed by atoms with Crippen molar-refractivity contribution in [2.75, 3.05) is 39.0 Å². The summed E-state index contributed by atoms with van der Waals surface area (Å²) < 4.78 is 0. The van der Waals surface area contributed by atoms with Crippen LogP contribution in [0.15, 0.2) is 41.3 Å². The van der Waals surface area contributed by atoms with Gasteiger partial charge >= 0.3 is 0 Å². The second-order valence-corrected chi connectivity index (χ2v) is 7.76. The Kier molecular flexibility index (Phi) is 5.99. The third-order valence-corrected chi connectivity index (χ3v) is 5.98. The van der Waals surface area contributed by atoms with E-state index in [1.807, 2.05) is 16.7 Å². The Morgan fingerprint density at radius 1 is 1.00 bits per heavy atom. The monoisotopic (exact) mass is 318 g/mol. The molecule has 0 amide bonds. The molecule has 0 bridgehead atoms. The third kappa shape index (κ3) is 4.61. The lowest BCUT2D eigenvalue weighted by atomic mass is 9.94. The normalized spacial score (nSPS) is 28.7. The van der Waals surface area contributed by atoms with Crippen LogP contribution in [0.25, 0.3) is 0 Å². The van der Waals surface area contributed by atoms with Crippen LogP contribution in [0.2, 0.25) is 0 Å². The number of thioether (sulfide) groups is 1. The third-order valence-electron chi connectivity index (χ3n) is 5.23. The summed E-state index contributed by atoms with van der Waals surface area (Å²) in [4.78, 5) is 4.99. The zero-order chi connectivity index (χ0) is 15.2. The van der Waals surface area contributed by atoms with Crippen molar-refractivity contribution in [2.45, 2.75) is 30.7 Å². The van der Waals surface area contributed by atoms with Gasteiger partial charge in [0.05, 0.1) is 6.54 Å². The second kappa shape index (κ2) is 8.19. The molecule has 120 valence electrons. The molecule has 2 N–H and O–H groups in total. The molecule has 1 aliphatic carbocycles. The van der Waals surface area contributed by atoms with Crippen LogP contribution in [0.1, 0.15) is 24.8 Å². The molecule has 22 heavy (non-hydrogen) atoms. The van der Waals surface area contributed by atoms with Crippen LogP contribution < -0.4 is 9.80 Å². The molecule has 0 spiro atoms. The molecule has 2 nitrogen and oxygen atoms in total. The number of hydrogen-bond acceptors (Lipinski definition) is 1. The van der Waals surface area contributed by atoms with Gasteiger partial charge in [0, 0.05) is 16.4 Å². The smallest absolute Gasteiger partial charge is 0.127 e. The number of hydrogen-bond donors (Lipinski definition) is 2. The molecule has 1 fully saturated rings. The maximum atomic E-state index is 2.40. The van der Waals surface area contributed by atoms with Crippen LogP contribution in [0.5, 0.6) is 0 Å². The molecule has 0 saturated carbocycles. The number of benzene rings is 1. The summed E-state index contributed by atoms with van der Waals surface area (Å²) in [6.45, 7) is 8.00. The molecule has 3 rings (SSSR count). The molecular formula is C19H30N2S+2. The van der Waals surface area contributed by atoms with Gasteiger partial charge in [-0.25, -0.2) is 0 Å². The van der Waals surface area contributed by atoms with E-state index in [0.717, 1.165) is 5.92 Å². The first kappa shape index (κ1) is 16.1. The van der Waals surface area contributed by atoms with Gasteiger partial charge in [-0.15, -0.1) is 11.8 Å². The minimum absolute atomic E-state index is 0.945. The van der Waals surface area contributed by atoms with E-state index in [1.54, 1.807) is 4.90 Å². The number of piperazine rings is 1. The molecule has 1 aromatic rings. The maximum Gasteiger partial charge on any atom is 0.127 e. The number of quaternary nitrogens is 2. The summed E-state index contributed by atoms with van der Waals surface area (Å²) >= 11 is 1.83. The van der Waals surface area contributed by atoms with Gasteiger partial charge in [0.1, 0.15) is 32.7 Å². The number of rotatable bonds is 5. The van der Waals surface area contributed by atoms with Crippen molar-refractivity contribution in [2.24, 2.45) is 5.92 Å². The SMILES string of the molecule is CSc1ccc(C[NH+]2CC[NH+](C[C@H]3CC=CCC3)CC2)cc1. The Labute approximate surface area is 139 Å². The van der Waals surface area contributed by atoms with Crippen molar-refractivity contribution in [1.29, 1.82) is 0 Å². The summed E-state index contributed by atoms with van der Waals surface area (Å²) in [6, 6.07) is 9.15. The van der Waals surface area contributed by atoms with Gasteiger partial charge in [0.15, 0.2) is 0 Å². The van der Waals surface area contributed by atoms with Gasteiger partial charge in [0.25, 0.3) is 0 Å². The summed E-state index contributed by atoms with van der Waals surface area (Å²) in [5.41, 5.74) is 1.49. The van der Waals surface area contributed by atoms with Crippen molar-refractivity contribution < 1.29 is 9.80 Å². The lowest BCUT2D eigenvalue weighted by molar-refractivity contribution is -1.02. The van der Waals surface area contributed by atoms with E-state index in [2.05, 4.69) is 42.7 Å². The summed E-state index contributed by atoms with van der Waals surface area (Å²) in [5, 5.41) is 0. The highest BCUT2D eigenvalue weighted by Crippen LogP contribution is 2.16. The highest BCUT2D eigenvalue weighted by atomic mass is 32.2. The van der Waals surface area contributed by atoms with Crippen LogP contribution in [0.4, 0.5) is 0 Å². The lowest BCUT2D eigenvalue weighted by Crippen LogP contribution is -3.27. The highest BCUT2D eigenvalue weighted by Gasteiger charge is 2.25. The van der Waals surface area contributed by atoms with E-state index in [-0.39, 0.29) is 0 Å². The minimum atomic E-state index is 0.945. The van der Waals surface area contributed by atoms with Gasteiger partial charge in [-0.05, 0) is 37.7 Å². The predicted molar refractivity (Wildman–Crippen MR) is 94.7 cm³/mol. The van der Waals surface area contributed by atoms with Crippen LogP contribution >= 0.6 is 11.8 Å². The largest absolute Gasteiger partial charge is 0.325 e. The van der Waals surface area contributed by atoms with Crippen LogP contribution in [-0.2, 0) is 6.54 Å². The van der Waals surface area contributed by atoms with E-state index in [4.69, 9.17) is 0 Å². The van der Waals surface area contributed by atoms with E-state index >= 15 is 0 Å². The van der Waals surface area contributed by atoms with Crippen LogP contribution in [0, 0.1) is 5.92 Å². The van der Waals surface area contributed by atoms with E-state index in [9.17, 15) is 0 Å². The first-order valence-electron chi connectivity index (χ1n) is 8.78. The van der Waals surface area contributed by atoms with Gasteiger partial charge < -0.3 is 9.80 Å². The molecule has 1 heterocycles. The van der Waals surface area contributed by atoms with Gasteiger partial charge in [0.2, 0.25) is 0 Å². The Morgan fingerprint density at radius 3 is 2.36 bits per heavy atom. The van der Waals surface area contributed by atoms with Crippen molar-refractivity contribution in [3.05, 3.63) is 42.0 Å². The zero-order valence-electron chi connectivity index (χ0n) is 13.8. The summed E-state index contributed by atoms with van der Waals surface area (Å²) in [6.07, 6.45) is 10.9. The topological polar surface area (TPSA) is 8.88 Å². The Morgan fingerprint density at radius 2 is 1.73 bits per heavy atom. The van der Waals surface area contributed by atoms with E-state index < -0.39 is 0 Å². The van der Waals surface area contributed by atoms with E-state index in [1.165, 1.54) is 69.0 Å². The standard InChI is InChI=1S/C19H28N2S/c1-22-19-9-7-18(8-10-19)16-21-13-11-20(12-14-21)15-17-5-3-2-4-6-17/h2-3,7-10,17H,4-6,11-16H2,1H3/p+2/t17-/m0/s1. The van der Waals surface area contributed by atoms with Gasteiger partial charge in [-0.1, -0.05) is 24.3 Å². The van der Waals surface area contributed by atoms with Gasteiger partial charge in [-0.3, -0.25) is 0 Å². The zero-order valence-corrected chi connectivity index (χ0v) is 14.6. The molecule has 3 heteroatoms. The van der Waals surface area contributed by atoms with E-state index in [0.29, 0.717) is 0 Å². The lowest BCUT2D eigenvalue weighted by Gasteiger charge is -2.32. The molecule has 1 aromatic carbocycles. The van der Waals surface area contributed by atoms with Crippen molar-refractivity contribution in [3.8, 4) is 0 Å². The molecule has 0 unspecified atom stereocenters. The quantitative estimate of drug-likeness (QED) is 0.609. The highest BCUT2D eigenvalue weighted by molar-refractivity contribution is 7.98. The Hall–Kier alpha value is -0.770. The number of nitrogens with one attached hydrogen (secondary N) is 2. The fraction of sp³-hybridized carbons (Fsp3) is 0.579. The minimum Gasteiger partial charge on any atom is -0.325 e. The Balaban J connectivity index is 1.42. The molecule has 1 saturated heterocycles. The van der Waals surface area contributed by atoms with Crippen molar-refractivity contribution in [1.82, 2.24) is 0 Å². The molecule has 1 atom stereocenters.